The number of amides is 1. The molecule has 2 aromatic rings. The van der Waals surface area contributed by atoms with Crippen LogP contribution < -0.4 is 15.8 Å². The van der Waals surface area contributed by atoms with Crippen molar-refractivity contribution in [3.05, 3.63) is 20.1 Å². The van der Waals surface area contributed by atoms with E-state index >= 15 is 0 Å². The Morgan fingerprint density at radius 2 is 2.09 bits per heavy atom. The fourth-order valence-corrected chi connectivity index (χ4v) is 6.25. The summed E-state index contributed by atoms with van der Waals surface area (Å²) >= 11 is 2.19. The molecule has 0 radical (unpaired) electrons. The van der Waals surface area contributed by atoms with Crippen molar-refractivity contribution in [2.24, 2.45) is 13.0 Å². The number of alkyl carbamates (subject to hydrolysis) is 1. The Morgan fingerprint density at radius 1 is 1.34 bits per heavy atom. The zero-order valence-electron chi connectivity index (χ0n) is 19.4. The van der Waals surface area contributed by atoms with Crippen LogP contribution in [0.1, 0.15) is 12.8 Å². The maximum absolute atomic E-state index is 13.3. The molecule has 1 N–H and O–H groups in total. The summed E-state index contributed by atoms with van der Waals surface area (Å²) in [7, 11) is 2.17. The average molecular weight is 574 g/mol. The van der Waals surface area contributed by atoms with E-state index in [1.807, 2.05) is 10.8 Å². The zero-order chi connectivity index (χ0) is 23.2. The van der Waals surface area contributed by atoms with Gasteiger partial charge in [-0.25, -0.2) is 4.79 Å². The number of piperidine rings is 1. The molecule has 9 nitrogen and oxygen atoms in total. The van der Waals surface area contributed by atoms with Crippen LogP contribution >= 0.6 is 22.6 Å². The summed E-state index contributed by atoms with van der Waals surface area (Å²) in [5.41, 5.74) is 0.578. The van der Waals surface area contributed by atoms with Crippen LogP contribution in [0.3, 0.4) is 0 Å². The fourth-order valence-electron chi connectivity index (χ4n) is 4.69. The maximum atomic E-state index is 13.3. The van der Waals surface area contributed by atoms with Crippen LogP contribution in [0, 0.1) is 9.49 Å². The van der Waals surface area contributed by atoms with Gasteiger partial charge in [-0.2, -0.15) is 4.98 Å². The van der Waals surface area contributed by atoms with Gasteiger partial charge in [0, 0.05) is 51.0 Å². The first kappa shape index (κ1) is 23.6. The number of rotatable bonds is 7. The molecule has 2 aromatic heterocycles. The Morgan fingerprint density at radius 3 is 2.78 bits per heavy atom. The highest BCUT2D eigenvalue weighted by Crippen LogP contribution is 2.41. The van der Waals surface area contributed by atoms with Crippen LogP contribution in [0.5, 0.6) is 0 Å². The van der Waals surface area contributed by atoms with Gasteiger partial charge in [-0.05, 0) is 41.5 Å². The normalized spacial score (nSPS) is 22.7. The van der Waals surface area contributed by atoms with Gasteiger partial charge < -0.3 is 24.3 Å². The van der Waals surface area contributed by atoms with E-state index in [4.69, 9.17) is 14.5 Å². The second-order valence-electron chi connectivity index (χ2n) is 9.95. The van der Waals surface area contributed by atoms with Gasteiger partial charge in [-0.15, -0.1) is 0 Å². The van der Waals surface area contributed by atoms with Crippen LogP contribution in [0.4, 0.5) is 10.7 Å². The fraction of sp³-hybridized carbons (Fsp3) is 0.667. The predicted octanol–water partition coefficient (Wildman–Crippen LogP) is 2.98. The van der Waals surface area contributed by atoms with Crippen LogP contribution in [0.25, 0.3) is 11.0 Å². The summed E-state index contributed by atoms with van der Waals surface area (Å²) < 4.78 is 16.0. The van der Waals surface area contributed by atoms with Crippen molar-refractivity contribution in [3.8, 4) is 0 Å². The average Bonchev–Trinajstić information content (AvgIpc) is 3.37. The smallest absolute Gasteiger partial charge is 0.407 e. The summed E-state index contributed by atoms with van der Waals surface area (Å²) in [6.45, 7) is 8.78. The van der Waals surface area contributed by atoms with Crippen LogP contribution in [0.15, 0.2) is 11.0 Å². The van der Waals surface area contributed by atoms with E-state index in [0.29, 0.717) is 30.3 Å². The molecule has 0 spiro atoms. The minimum Gasteiger partial charge on any atom is -0.444 e. The molecule has 1 saturated carbocycles. The van der Waals surface area contributed by atoms with Gasteiger partial charge in [0.25, 0.3) is 5.56 Å². The Bertz CT molecular complexity index is 1080. The molecule has 1 amide bonds. The molecular formula is C21H32IN5O4Si. The molecule has 176 valence electrons. The summed E-state index contributed by atoms with van der Waals surface area (Å²) in [4.78, 5) is 32.2. The topological polar surface area (TPSA) is 90.6 Å². The molecular weight excluding hydrogens is 541 g/mol. The highest BCUT2D eigenvalue weighted by Gasteiger charge is 2.50. The van der Waals surface area contributed by atoms with Gasteiger partial charge in [-0.1, -0.05) is 19.6 Å². The van der Waals surface area contributed by atoms with E-state index in [1.165, 1.54) is 0 Å². The highest BCUT2D eigenvalue weighted by atomic mass is 127. The van der Waals surface area contributed by atoms with Gasteiger partial charge in [-0.3, -0.25) is 9.36 Å². The van der Waals surface area contributed by atoms with Gasteiger partial charge in [0.05, 0.1) is 11.4 Å². The third-order valence-corrected chi connectivity index (χ3v) is 8.99. The molecule has 3 atom stereocenters. The molecule has 32 heavy (non-hydrogen) atoms. The first-order valence-electron chi connectivity index (χ1n) is 11.1. The van der Waals surface area contributed by atoms with Crippen LogP contribution in [-0.4, -0.2) is 60.6 Å². The molecule has 2 bridgehead atoms. The standard InChI is InChI=1S/C21H32IN5O4Si/c1-23-21(29)31-17-13-6-7-15(17)27(10-13)20-24-18-16(19(28)25(20)2)14(22)11-26(18)12-30-8-9-32(3,4)5/h11,13,15,17H,6-10,12H2,1-5H3,(H,23,29)/t13-,15-,17-/m0/s1. The molecule has 2 fully saturated rings. The molecule has 1 aliphatic carbocycles. The van der Waals surface area contributed by atoms with Crippen molar-refractivity contribution in [1.29, 1.82) is 0 Å². The minimum absolute atomic E-state index is 0.0309. The Kier molecular flexibility index (Phi) is 6.60. The molecule has 1 aliphatic heterocycles. The number of hydrogen-bond donors (Lipinski definition) is 1. The van der Waals surface area contributed by atoms with Gasteiger partial charge in [0.1, 0.15) is 12.8 Å². The van der Waals surface area contributed by atoms with E-state index in [1.54, 1.807) is 18.7 Å². The van der Waals surface area contributed by atoms with Crippen molar-refractivity contribution in [3.63, 3.8) is 0 Å². The largest absolute Gasteiger partial charge is 0.444 e. The lowest BCUT2D eigenvalue weighted by molar-refractivity contribution is 0.0871. The molecule has 1 saturated heterocycles. The van der Waals surface area contributed by atoms with E-state index in [-0.39, 0.29) is 23.6 Å². The molecule has 2 aliphatic rings. The van der Waals surface area contributed by atoms with Crippen molar-refractivity contribution in [1.82, 2.24) is 19.4 Å². The second kappa shape index (κ2) is 8.97. The number of carbonyl (C=O) groups is 1. The van der Waals surface area contributed by atoms with Crippen molar-refractivity contribution in [2.45, 2.75) is 57.4 Å². The van der Waals surface area contributed by atoms with Crippen LogP contribution in [0.2, 0.25) is 25.7 Å². The molecule has 4 rings (SSSR count). The Hall–Kier alpha value is -1.60. The first-order chi connectivity index (χ1) is 15.1. The minimum atomic E-state index is -1.17. The number of aromatic nitrogens is 3. The number of fused-ring (bicyclic) bond motifs is 3. The third-order valence-electron chi connectivity index (χ3n) is 6.47. The second-order valence-corrected chi connectivity index (χ2v) is 16.7. The van der Waals surface area contributed by atoms with E-state index in [2.05, 4.69) is 52.4 Å². The molecule has 3 heterocycles. The van der Waals surface area contributed by atoms with Gasteiger partial charge >= 0.3 is 6.09 Å². The number of halogens is 1. The lowest BCUT2D eigenvalue weighted by Gasteiger charge is -2.29. The zero-order valence-corrected chi connectivity index (χ0v) is 22.5. The lowest BCUT2D eigenvalue weighted by Crippen LogP contribution is -2.40. The van der Waals surface area contributed by atoms with E-state index in [9.17, 15) is 9.59 Å². The van der Waals surface area contributed by atoms with E-state index < -0.39 is 14.2 Å². The number of hydrogen-bond acceptors (Lipinski definition) is 6. The SMILES string of the molecule is CNC(=O)O[C@H]1[C@H]2CC[C@@H]1N(c1nc3c(c(I)cn3COCC[Si](C)(C)C)c(=O)n1C)C2. The van der Waals surface area contributed by atoms with Gasteiger partial charge in [0.2, 0.25) is 5.95 Å². The number of ether oxygens (including phenoxy) is 2. The van der Waals surface area contributed by atoms with Gasteiger partial charge in [0.15, 0.2) is 5.65 Å². The monoisotopic (exact) mass is 573 g/mol. The summed E-state index contributed by atoms with van der Waals surface area (Å²) in [5.74, 6) is 0.875. The molecule has 11 heteroatoms. The number of carbonyl (C=O) groups excluding carboxylic acids is 1. The third kappa shape index (κ3) is 4.43. The van der Waals surface area contributed by atoms with Crippen molar-refractivity contribution in [2.75, 3.05) is 25.1 Å². The Labute approximate surface area is 202 Å². The quantitative estimate of drug-likeness (QED) is 0.311. The summed E-state index contributed by atoms with van der Waals surface area (Å²) in [5, 5.41) is 3.16. The summed E-state index contributed by atoms with van der Waals surface area (Å²) in [6.07, 6.45) is 3.27. The Balaban J connectivity index is 1.62. The number of anilines is 1. The van der Waals surface area contributed by atoms with Crippen molar-refractivity contribution < 1.29 is 14.3 Å². The maximum Gasteiger partial charge on any atom is 0.407 e. The number of nitrogens with zero attached hydrogens (tertiary/aromatic N) is 4. The van der Waals surface area contributed by atoms with E-state index in [0.717, 1.165) is 29.0 Å². The number of nitrogens with one attached hydrogen (secondary N) is 1. The predicted molar refractivity (Wildman–Crippen MR) is 135 cm³/mol. The first-order valence-corrected chi connectivity index (χ1v) is 15.9. The summed E-state index contributed by atoms with van der Waals surface area (Å²) in [6, 6.07) is 1.12. The van der Waals surface area contributed by atoms with Crippen molar-refractivity contribution >= 4 is 53.7 Å². The van der Waals surface area contributed by atoms with Crippen LogP contribution in [-0.2, 0) is 23.3 Å². The lowest BCUT2D eigenvalue weighted by atomic mass is 10.1. The molecule has 0 unspecified atom stereocenters. The molecule has 0 aromatic carbocycles. The highest BCUT2D eigenvalue weighted by molar-refractivity contribution is 14.1.